The van der Waals surface area contributed by atoms with E-state index in [1.54, 1.807) is 0 Å². The lowest BCUT2D eigenvalue weighted by atomic mass is 10.0. The molecule has 1 fully saturated rings. The van der Waals surface area contributed by atoms with Gasteiger partial charge >= 0.3 is 0 Å². The summed E-state index contributed by atoms with van der Waals surface area (Å²) in [5.41, 5.74) is 7.06. The Morgan fingerprint density at radius 3 is 2.65 bits per heavy atom. The van der Waals surface area contributed by atoms with Gasteiger partial charge in [0.1, 0.15) is 11.6 Å². The number of anilines is 1. The van der Waals surface area contributed by atoms with Gasteiger partial charge in [-0.2, -0.15) is 0 Å². The van der Waals surface area contributed by atoms with Crippen LogP contribution in [0.1, 0.15) is 63.4 Å². The third-order valence-corrected chi connectivity index (χ3v) is 3.53. The number of aromatic nitrogens is 2. The lowest BCUT2D eigenvalue weighted by Gasteiger charge is -2.11. The molecule has 0 bridgehead atoms. The van der Waals surface area contributed by atoms with Crippen LogP contribution in [-0.4, -0.2) is 9.97 Å². The maximum absolute atomic E-state index is 5.88. The summed E-state index contributed by atoms with van der Waals surface area (Å²) < 4.78 is 0. The smallest absolute Gasteiger partial charge is 0.131 e. The van der Waals surface area contributed by atoms with Crippen molar-refractivity contribution in [3.05, 3.63) is 17.6 Å². The Balaban J connectivity index is 2.11. The van der Waals surface area contributed by atoms with Crippen molar-refractivity contribution in [1.29, 1.82) is 0 Å². The highest BCUT2D eigenvalue weighted by Crippen LogP contribution is 2.33. The molecule has 2 rings (SSSR count). The van der Waals surface area contributed by atoms with Crippen molar-refractivity contribution in [2.75, 3.05) is 5.73 Å². The van der Waals surface area contributed by atoms with Gasteiger partial charge < -0.3 is 5.73 Å². The standard InChI is InChI=1S/C14H23N3/c1-10(2)7-8-14-16-12(9-13(15)17-14)11-5-3-4-6-11/h9-11H,3-8H2,1-2H3,(H2,15,16,17). The van der Waals surface area contributed by atoms with E-state index in [0.29, 0.717) is 17.7 Å². The van der Waals surface area contributed by atoms with Crippen LogP contribution in [0.5, 0.6) is 0 Å². The molecule has 0 saturated heterocycles. The average molecular weight is 233 g/mol. The van der Waals surface area contributed by atoms with E-state index in [0.717, 1.165) is 18.7 Å². The molecule has 0 atom stereocenters. The molecule has 0 amide bonds. The highest BCUT2D eigenvalue weighted by atomic mass is 14.9. The summed E-state index contributed by atoms with van der Waals surface area (Å²) in [6, 6.07) is 1.97. The summed E-state index contributed by atoms with van der Waals surface area (Å²) in [6.07, 6.45) is 7.27. The van der Waals surface area contributed by atoms with Crippen molar-refractivity contribution >= 4 is 5.82 Å². The largest absolute Gasteiger partial charge is 0.384 e. The Hall–Kier alpha value is -1.12. The molecule has 0 spiro atoms. The summed E-state index contributed by atoms with van der Waals surface area (Å²) in [5, 5.41) is 0. The van der Waals surface area contributed by atoms with Crippen LogP contribution in [0, 0.1) is 5.92 Å². The van der Waals surface area contributed by atoms with Gasteiger partial charge in [0.05, 0.1) is 0 Å². The second-order valence-electron chi connectivity index (χ2n) is 5.55. The van der Waals surface area contributed by atoms with Crippen LogP contribution in [-0.2, 0) is 6.42 Å². The van der Waals surface area contributed by atoms with E-state index in [1.165, 1.54) is 31.4 Å². The second kappa shape index (κ2) is 5.48. The van der Waals surface area contributed by atoms with Crippen LogP contribution in [0.3, 0.4) is 0 Å². The molecule has 1 aliphatic rings. The van der Waals surface area contributed by atoms with Gasteiger partial charge in [0.2, 0.25) is 0 Å². The first kappa shape index (κ1) is 12.3. The molecule has 1 aliphatic carbocycles. The van der Waals surface area contributed by atoms with Crippen LogP contribution >= 0.6 is 0 Å². The van der Waals surface area contributed by atoms with E-state index in [2.05, 4.69) is 18.8 Å². The summed E-state index contributed by atoms with van der Waals surface area (Å²) in [5.74, 6) is 2.88. The van der Waals surface area contributed by atoms with Gasteiger partial charge in [-0.05, 0) is 25.2 Å². The van der Waals surface area contributed by atoms with Crippen molar-refractivity contribution in [2.45, 2.75) is 58.3 Å². The number of nitrogens with zero attached hydrogens (tertiary/aromatic N) is 2. The van der Waals surface area contributed by atoms with Crippen LogP contribution in [0.4, 0.5) is 5.82 Å². The number of hydrogen-bond donors (Lipinski definition) is 1. The number of hydrogen-bond acceptors (Lipinski definition) is 3. The lowest BCUT2D eigenvalue weighted by molar-refractivity contribution is 0.571. The Bertz CT molecular complexity index is 368. The third-order valence-electron chi connectivity index (χ3n) is 3.53. The summed E-state index contributed by atoms with van der Waals surface area (Å²) in [6.45, 7) is 4.45. The zero-order valence-corrected chi connectivity index (χ0v) is 10.9. The fourth-order valence-corrected chi connectivity index (χ4v) is 2.50. The molecule has 0 aromatic carbocycles. The topological polar surface area (TPSA) is 51.8 Å². The van der Waals surface area contributed by atoms with Gasteiger partial charge in [-0.3, -0.25) is 0 Å². The van der Waals surface area contributed by atoms with E-state index < -0.39 is 0 Å². The molecule has 1 heterocycles. The molecule has 0 unspecified atom stereocenters. The number of nitrogen functional groups attached to an aromatic ring is 1. The third kappa shape index (κ3) is 3.42. The highest BCUT2D eigenvalue weighted by molar-refractivity contribution is 5.31. The molecule has 1 aromatic rings. The minimum atomic E-state index is 0.623. The normalized spacial score (nSPS) is 16.9. The van der Waals surface area contributed by atoms with Gasteiger partial charge in [0, 0.05) is 24.1 Å². The Kier molecular flexibility index (Phi) is 3.97. The summed E-state index contributed by atoms with van der Waals surface area (Å²) in [4.78, 5) is 9.04. The van der Waals surface area contributed by atoms with Gasteiger partial charge in [0.25, 0.3) is 0 Å². The van der Waals surface area contributed by atoms with E-state index in [-0.39, 0.29) is 0 Å². The van der Waals surface area contributed by atoms with Crippen molar-refractivity contribution in [2.24, 2.45) is 5.92 Å². The Morgan fingerprint density at radius 1 is 1.29 bits per heavy atom. The number of nitrogens with two attached hydrogens (primary N) is 1. The number of aryl methyl sites for hydroxylation is 1. The second-order valence-corrected chi connectivity index (χ2v) is 5.55. The van der Waals surface area contributed by atoms with Gasteiger partial charge in [-0.15, -0.1) is 0 Å². The van der Waals surface area contributed by atoms with Gasteiger partial charge in [0.15, 0.2) is 0 Å². The molecule has 0 aliphatic heterocycles. The molecule has 17 heavy (non-hydrogen) atoms. The van der Waals surface area contributed by atoms with Crippen LogP contribution in [0.2, 0.25) is 0 Å². The first-order valence-electron chi connectivity index (χ1n) is 6.78. The van der Waals surface area contributed by atoms with Crippen molar-refractivity contribution in [3.8, 4) is 0 Å². The molecule has 1 saturated carbocycles. The van der Waals surface area contributed by atoms with Gasteiger partial charge in [-0.25, -0.2) is 9.97 Å². The predicted octanol–water partition coefficient (Wildman–Crippen LogP) is 3.31. The molecular formula is C14H23N3. The van der Waals surface area contributed by atoms with E-state index in [9.17, 15) is 0 Å². The maximum Gasteiger partial charge on any atom is 0.131 e. The van der Waals surface area contributed by atoms with E-state index in [1.807, 2.05) is 6.07 Å². The van der Waals surface area contributed by atoms with Gasteiger partial charge in [-0.1, -0.05) is 26.7 Å². The molecule has 94 valence electrons. The Morgan fingerprint density at radius 2 is 2.00 bits per heavy atom. The van der Waals surface area contributed by atoms with Crippen LogP contribution in [0.15, 0.2) is 6.07 Å². The minimum Gasteiger partial charge on any atom is -0.384 e. The average Bonchev–Trinajstić information content (AvgIpc) is 2.79. The summed E-state index contributed by atoms with van der Waals surface area (Å²) in [7, 11) is 0. The van der Waals surface area contributed by atoms with Crippen molar-refractivity contribution in [3.63, 3.8) is 0 Å². The quantitative estimate of drug-likeness (QED) is 0.868. The number of rotatable bonds is 4. The fraction of sp³-hybridized carbons (Fsp3) is 0.714. The molecule has 0 radical (unpaired) electrons. The molecular weight excluding hydrogens is 210 g/mol. The SMILES string of the molecule is CC(C)CCc1nc(N)cc(C2CCCC2)n1. The lowest BCUT2D eigenvalue weighted by Crippen LogP contribution is -2.07. The van der Waals surface area contributed by atoms with Crippen LogP contribution in [0.25, 0.3) is 0 Å². The zero-order valence-electron chi connectivity index (χ0n) is 10.9. The van der Waals surface area contributed by atoms with E-state index in [4.69, 9.17) is 10.7 Å². The predicted molar refractivity (Wildman–Crippen MR) is 70.8 cm³/mol. The zero-order chi connectivity index (χ0) is 12.3. The maximum atomic E-state index is 5.88. The van der Waals surface area contributed by atoms with Crippen molar-refractivity contribution in [1.82, 2.24) is 9.97 Å². The Labute approximate surface area is 104 Å². The fourth-order valence-electron chi connectivity index (χ4n) is 2.50. The molecule has 3 nitrogen and oxygen atoms in total. The first-order chi connectivity index (χ1) is 8.15. The molecule has 1 aromatic heterocycles. The van der Waals surface area contributed by atoms with Crippen LogP contribution < -0.4 is 5.73 Å². The monoisotopic (exact) mass is 233 g/mol. The molecule has 2 N–H and O–H groups in total. The van der Waals surface area contributed by atoms with Crippen molar-refractivity contribution < 1.29 is 0 Å². The highest BCUT2D eigenvalue weighted by Gasteiger charge is 2.19. The minimum absolute atomic E-state index is 0.623. The van der Waals surface area contributed by atoms with E-state index >= 15 is 0 Å². The summed E-state index contributed by atoms with van der Waals surface area (Å²) >= 11 is 0. The molecule has 3 heteroatoms. The first-order valence-corrected chi connectivity index (χ1v) is 6.78.